The van der Waals surface area contributed by atoms with E-state index < -0.39 is 30.1 Å². The van der Waals surface area contributed by atoms with Crippen LogP contribution < -0.4 is 5.32 Å². The Morgan fingerprint density at radius 1 is 0.706 bits per heavy atom. The molecule has 0 aliphatic heterocycles. The second-order valence-corrected chi connectivity index (χ2v) is 12.6. The summed E-state index contributed by atoms with van der Waals surface area (Å²) >= 11 is 0. The van der Waals surface area contributed by atoms with Crippen LogP contribution in [0.4, 0.5) is 4.79 Å². The van der Waals surface area contributed by atoms with Crippen LogP contribution in [0.3, 0.4) is 0 Å². The van der Waals surface area contributed by atoms with Gasteiger partial charge in [-0.3, -0.25) is 9.78 Å². The number of aromatic nitrogens is 2. The van der Waals surface area contributed by atoms with E-state index >= 15 is 0 Å². The average Bonchev–Trinajstić information content (AvgIpc) is 3.49. The summed E-state index contributed by atoms with van der Waals surface area (Å²) < 4.78 is 5.89. The van der Waals surface area contributed by atoms with Crippen molar-refractivity contribution in [3.8, 4) is 11.1 Å². The average molecular weight is 677 g/mol. The van der Waals surface area contributed by atoms with Crippen molar-refractivity contribution >= 4 is 29.0 Å². The Bertz CT molecular complexity index is 2130. The lowest BCUT2D eigenvalue weighted by Crippen LogP contribution is -2.53. The number of carbonyl (C=O) groups excluding carboxylic acids is 2. The number of nitrogens with zero attached hydrogens (tertiary/aromatic N) is 3. The van der Waals surface area contributed by atoms with Gasteiger partial charge in [0.1, 0.15) is 18.3 Å². The maximum Gasteiger partial charge on any atom is 0.407 e. The fourth-order valence-electron chi connectivity index (χ4n) is 6.83. The molecule has 0 saturated carbocycles. The van der Waals surface area contributed by atoms with Crippen LogP contribution >= 0.6 is 0 Å². The molecule has 0 saturated heterocycles. The fourth-order valence-corrected chi connectivity index (χ4v) is 6.83. The van der Waals surface area contributed by atoms with Crippen LogP contribution in [0.5, 0.6) is 0 Å². The molecule has 1 heterocycles. The molecule has 0 fully saturated rings. The van der Waals surface area contributed by atoms with Gasteiger partial charge in [-0.05, 0) is 51.9 Å². The third-order valence-corrected chi connectivity index (χ3v) is 9.27. The van der Waals surface area contributed by atoms with Gasteiger partial charge in [0.15, 0.2) is 0 Å². The molecule has 5 aromatic carbocycles. The first kappa shape index (κ1) is 33.2. The van der Waals surface area contributed by atoms with Crippen LogP contribution in [0.1, 0.15) is 38.7 Å². The summed E-state index contributed by atoms with van der Waals surface area (Å²) in [6.45, 7) is -0.0186. The van der Waals surface area contributed by atoms with E-state index in [-0.39, 0.29) is 31.2 Å². The van der Waals surface area contributed by atoms with Gasteiger partial charge in [-0.15, -0.1) is 0 Å². The Hall–Kier alpha value is -6.35. The summed E-state index contributed by atoms with van der Waals surface area (Å²) in [6, 6.07) is 40.1. The van der Waals surface area contributed by atoms with E-state index in [0.717, 1.165) is 33.4 Å². The quantitative estimate of drug-likeness (QED) is 0.144. The number of rotatable bonds is 12. The van der Waals surface area contributed by atoms with Crippen LogP contribution in [-0.4, -0.2) is 63.2 Å². The molecule has 1 aliphatic rings. The molecule has 2 atom stereocenters. The molecule has 1 unspecified atom stereocenters. The lowest BCUT2D eigenvalue weighted by molar-refractivity contribution is -0.142. The number of fused-ring (bicyclic) bond motifs is 4. The number of benzene rings is 5. The number of carboxylic acids is 1. The standard InChI is InChI=1S/C42H36N4O5/c47-40(38-25-43-36-21-11-12-22-37(36)45-38)46(39(41(48)49)24-29-15-5-2-6-16-29)26-30(23-28-13-3-1-4-14-28)44-42(50)51-27-35-33-19-9-7-17-31(33)32-18-8-10-20-34(32)35/h1-22,25,30,35,39H,23-24,26-27H2,(H,44,50)(H,48,49)/t30?,39-/m0/s1. The number of alkyl carbamates (subject to hydrolysis) is 1. The molecule has 0 bridgehead atoms. The summed E-state index contributed by atoms with van der Waals surface area (Å²) in [7, 11) is 0. The first-order valence-corrected chi connectivity index (χ1v) is 16.9. The predicted molar refractivity (Wildman–Crippen MR) is 194 cm³/mol. The van der Waals surface area contributed by atoms with Crippen molar-refractivity contribution in [2.45, 2.75) is 30.8 Å². The molecule has 1 aromatic heterocycles. The molecule has 2 amide bonds. The molecule has 51 heavy (non-hydrogen) atoms. The fraction of sp³-hybridized carbons (Fsp3) is 0.167. The summed E-state index contributed by atoms with van der Waals surface area (Å²) in [6.07, 6.45) is 1.07. The van der Waals surface area contributed by atoms with E-state index in [1.165, 1.54) is 11.1 Å². The molecule has 9 heteroatoms. The van der Waals surface area contributed by atoms with E-state index in [1.54, 1.807) is 18.2 Å². The summed E-state index contributed by atoms with van der Waals surface area (Å²) in [5, 5.41) is 13.6. The Morgan fingerprint density at radius 3 is 1.88 bits per heavy atom. The van der Waals surface area contributed by atoms with E-state index in [9.17, 15) is 19.5 Å². The molecule has 0 radical (unpaired) electrons. The number of amides is 2. The number of nitrogens with one attached hydrogen (secondary N) is 1. The molecule has 254 valence electrons. The molecule has 9 nitrogen and oxygen atoms in total. The number of hydrogen-bond donors (Lipinski definition) is 2. The van der Waals surface area contributed by atoms with Gasteiger partial charge in [-0.25, -0.2) is 14.6 Å². The van der Waals surface area contributed by atoms with Gasteiger partial charge in [-0.1, -0.05) is 121 Å². The highest BCUT2D eigenvalue weighted by atomic mass is 16.5. The number of carbonyl (C=O) groups is 3. The number of carboxylic acid groups (broad SMARTS) is 1. The summed E-state index contributed by atoms with van der Waals surface area (Å²) in [5.41, 5.74) is 7.19. The SMILES string of the molecule is O=C(NC(Cc1ccccc1)CN(C(=O)c1cnc2ccccc2n1)[C@@H](Cc1ccccc1)C(=O)O)OCC1c2ccccc2-c2ccccc21. The minimum absolute atomic E-state index is 0.00705. The van der Waals surface area contributed by atoms with E-state index in [1.807, 2.05) is 91.0 Å². The monoisotopic (exact) mass is 676 g/mol. The van der Waals surface area contributed by atoms with Crippen LogP contribution in [0.2, 0.25) is 0 Å². The Balaban J connectivity index is 1.17. The highest BCUT2D eigenvalue weighted by molar-refractivity contribution is 5.96. The van der Waals surface area contributed by atoms with Gasteiger partial charge in [0.25, 0.3) is 5.91 Å². The number of ether oxygens (including phenoxy) is 1. The van der Waals surface area contributed by atoms with Crippen LogP contribution in [-0.2, 0) is 22.4 Å². The van der Waals surface area contributed by atoms with Gasteiger partial charge >= 0.3 is 12.1 Å². The Kier molecular flexibility index (Phi) is 9.78. The first-order valence-electron chi connectivity index (χ1n) is 16.9. The molecular weight excluding hydrogens is 640 g/mol. The smallest absolute Gasteiger partial charge is 0.407 e. The highest BCUT2D eigenvalue weighted by Gasteiger charge is 2.35. The zero-order valence-electron chi connectivity index (χ0n) is 27.8. The highest BCUT2D eigenvalue weighted by Crippen LogP contribution is 2.44. The van der Waals surface area contributed by atoms with Crippen molar-refractivity contribution in [2.24, 2.45) is 0 Å². The number of aliphatic carboxylic acids is 1. The molecule has 2 N–H and O–H groups in total. The third kappa shape index (κ3) is 7.47. The third-order valence-electron chi connectivity index (χ3n) is 9.27. The minimum Gasteiger partial charge on any atom is -0.480 e. The van der Waals surface area contributed by atoms with Crippen molar-refractivity contribution in [1.29, 1.82) is 0 Å². The number of para-hydroxylation sites is 2. The Labute approximate surface area is 295 Å². The van der Waals surface area contributed by atoms with Crippen molar-refractivity contribution < 1.29 is 24.2 Å². The topological polar surface area (TPSA) is 122 Å². The number of hydrogen-bond acceptors (Lipinski definition) is 6. The molecule has 0 spiro atoms. The zero-order valence-corrected chi connectivity index (χ0v) is 27.8. The molecule has 1 aliphatic carbocycles. The maximum atomic E-state index is 14.3. The Morgan fingerprint density at radius 2 is 1.25 bits per heavy atom. The minimum atomic E-state index is -1.27. The second kappa shape index (κ2) is 15.0. The van der Waals surface area contributed by atoms with Gasteiger partial charge < -0.3 is 20.1 Å². The maximum absolute atomic E-state index is 14.3. The lowest BCUT2D eigenvalue weighted by atomic mass is 9.98. The van der Waals surface area contributed by atoms with Crippen molar-refractivity contribution in [3.05, 3.63) is 168 Å². The van der Waals surface area contributed by atoms with Gasteiger partial charge in [-0.2, -0.15) is 0 Å². The largest absolute Gasteiger partial charge is 0.480 e. The van der Waals surface area contributed by atoms with Gasteiger partial charge in [0, 0.05) is 18.9 Å². The van der Waals surface area contributed by atoms with Crippen molar-refractivity contribution in [1.82, 2.24) is 20.2 Å². The first-order chi connectivity index (χ1) is 24.9. The van der Waals surface area contributed by atoms with Crippen LogP contribution in [0.15, 0.2) is 140 Å². The lowest BCUT2D eigenvalue weighted by Gasteiger charge is -2.32. The predicted octanol–water partition coefficient (Wildman–Crippen LogP) is 6.92. The van der Waals surface area contributed by atoms with E-state index in [2.05, 4.69) is 39.6 Å². The van der Waals surface area contributed by atoms with Gasteiger partial charge in [0.05, 0.1) is 23.3 Å². The normalized spacial score (nSPS) is 13.1. The van der Waals surface area contributed by atoms with Gasteiger partial charge in [0.2, 0.25) is 0 Å². The molecule has 7 rings (SSSR count). The van der Waals surface area contributed by atoms with Crippen LogP contribution in [0, 0.1) is 0 Å². The molecular formula is C42H36N4O5. The van der Waals surface area contributed by atoms with Crippen molar-refractivity contribution in [2.75, 3.05) is 13.2 Å². The zero-order chi connectivity index (χ0) is 35.2. The van der Waals surface area contributed by atoms with E-state index in [0.29, 0.717) is 17.5 Å². The summed E-state index contributed by atoms with van der Waals surface area (Å²) in [4.78, 5) is 51.2. The van der Waals surface area contributed by atoms with Crippen molar-refractivity contribution in [3.63, 3.8) is 0 Å². The van der Waals surface area contributed by atoms with Crippen LogP contribution in [0.25, 0.3) is 22.2 Å². The van der Waals surface area contributed by atoms with E-state index in [4.69, 9.17) is 4.74 Å². The molecule has 6 aromatic rings. The second-order valence-electron chi connectivity index (χ2n) is 12.6. The summed E-state index contributed by atoms with van der Waals surface area (Å²) in [5.74, 6) is -1.92.